The smallest absolute Gasteiger partial charge is 0.0786 e. The van der Waals surface area contributed by atoms with Crippen molar-refractivity contribution in [1.29, 1.82) is 0 Å². The van der Waals surface area contributed by atoms with Crippen LogP contribution in [-0.4, -0.2) is 14.1 Å². The number of rotatable bonds is 4. The van der Waals surface area contributed by atoms with E-state index in [2.05, 4.69) is 12.2 Å². The van der Waals surface area contributed by atoms with Crippen LogP contribution >= 0.6 is 23.2 Å². The molecule has 0 bridgehead atoms. The van der Waals surface area contributed by atoms with Crippen molar-refractivity contribution in [3.63, 3.8) is 0 Å². The van der Waals surface area contributed by atoms with E-state index in [1.165, 1.54) is 5.56 Å². The molecule has 1 N–H and O–H groups in total. The van der Waals surface area contributed by atoms with E-state index in [1.807, 2.05) is 61.5 Å². The third-order valence-electron chi connectivity index (χ3n) is 3.18. The van der Waals surface area contributed by atoms with Crippen molar-refractivity contribution in [3.8, 4) is 0 Å². The molecule has 0 radical (unpaired) electrons. The molecule has 2 aromatic rings. The molecule has 0 aliphatic carbocycles. The minimum atomic E-state index is 0.171. The van der Waals surface area contributed by atoms with Gasteiger partial charge in [-0.05, 0) is 36.8 Å². The van der Waals surface area contributed by atoms with Crippen LogP contribution in [0.25, 0.3) is 0 Å². The molecule has 0 amide bonds. The molecule has 0 aromatic heterocycles. The molecule has 1 unspecified atom stereocenters. The number of anilines is 2. The first kappa shape index (κ1) is 15.0. The van der Waals surface area contributed by atoms with Crippen LogP contribution in [0.5, 0.6) is 0 Å². The first-order chi connectivity index (χ1) is 9.49. The predicted octanol–water partition coefficient (Wildman–Crippen LogP) is 5.23. The minimum absolute atomic E-state index is 0.171. The second-order valence-corrected chi connectivity index (χ2v) is 5.79. The molecule has 0 aliphatic heterocycles. The zero-order valence-electron chi connectivity index (χ0n) is 11.8. The Bertz CT molecular complexity index is 580. The zero-order chi connectivity index (χ0) is 14.7. The van der Waals surface area contributed by atoms with Gasteiger partial charge in [-0.25, -0.2) is 0 Å². The van der Waals surface area contributed by atoms with Crippen molar-refractivity contribution in [2.75, 3.05) is 24.3 Å². The summed E-state index contributed by atoms with van der Waals surface area (Å²) in [5, 5.41) is 4.99. The highest BCUT2D eigenvalue weighted by Crippen LogP contribution is 2.34. The Labute approximate surface area is 130 Å². The number of hydrogen-bond donors (Lipinski definition) is 1. The molecule has 2 aromatic carbocycles. The molecule has 0 saturated carbocycles. The van der Waals surface area contributed by atoms with Crippen LogP contribution in [-0.2, 0) is 0 Å². The monoisotopic (exact) mass is 308 g/mol. The molecule has 0 saturated heterocycles. The van der Waals surface area contributed by atoms with Crippen molar-refractivity contribution >= 4 is 34.6 Å². The number of hydrogen-bond acceptors (Lipinski definition) is 2. The molecular formula is C16H18Cl2N2. The minimum Gasteiger partial charge on any atom is -0.377 e. The first-order valence-corrected chi connectivity index (χ1v) is 7.22. The maximum absolute atomic E-state index is 6.28. The molecule has 4 heteroatoms. The second kappa shape index (κ2) is 6.38. The highest BCUT2D eigenvalue weighted by atomic mass is 35.5. The quantitative estimate of drug-likeness (QED) is 0.831. The van der Waals surface area contributed by atoms with E-state index in [4.69, 9.17) is 23.2 Å². The van der Waals surface area contributed by atoms with Gasteiger partial charge in [0, 0.05) is 25.2 Å². The van der Waals surface area contributed by atoms with E-state index in [0.717, 1.165) is 21.4 Å². The molecule has 2 rings (SSSR count). The van der Waals surface area contributed by atoms with Crippen LogP contribution in [0.3, 0.4) is 0 Å². The Hall–Kier alpha value is -1.38. The van der Waals surface area contributed by atoms with Gasteiger partial charge in [0.25, 0.3) is 0 Å². The van der Waals surface area contributed by atoms with Crippen LogP contribution in [0, 0.1) is 0 Å². The van der Waals surface area contributed by atoms with Gasteiger partial charge in [0.05, 0.1) is 16.4 Å². The van der Waals surface area contributed by atoms with Gasteiger partial charge in [0.1, 0.15) is 0 Å². The Kier molecular flexibility index (Phi) is 4.79. The highest BCUT2D eigenvalue weighted by molar-refractivity contribution is 6.34. The van der Waals surface area contributed by atoms with Crippen molar-refractivity contribution in [2.24, 2.45) is 0 Å². The van der Waals surface area contributed by atoms with Gasteiger partial charge in [-0.3, -0.25) is 0 Å². The van der Waals surface area contributed by atoms with E-state index < -0.39 is 0 Å². The average Bonchev–Trinajstić information content (AvgIpc) is 2.39. The Balaban J connectivity index is 2.26. The summed E-state index contributed by atoms with van der Waals surface area (Å²) in [4.78, 5) is 2.01. The lowest BCUT2D eigenvalue weighted by Crippen LogP contribution is -2.14. The summed E-state index contributed by atoms with van der Waals surface area (Å²) in [5.74, 6) is 0. The first-order valence-electron chi connectivity index (χ1n) is 6.47. The molecule has 0 spiro atoms. The van der Waals surface area contributed by atoms with Crippen LogP contribution in [0.2, 0.25) is 10.0 Å². The normalized spacial score (nSPS) is 12.1. The summed E-state index contributed by atoms with van der Waals surface area (Å²) in [6, 6.07) is 13.9. The lowest BCUT2D eigenvalue weighted by molar-refractivity contribution is 0.883. The molecular weight excluding hydrogens is 291 g/mol. The summed E-state index contributed by atoms with van der Waals surface area (Å²) in [6.45, 7) is 2.11. The number of nitrogens with one attached hydrogen (secondary N) is 1. The fourth-order valence-electron chi connectivity index (χ4n) is 2.15. The van der Waals surface area contributed by atoms with Crippen molar-refractivity contribution in [1.82, 2.24) is 0 Å². The third-order valence-corrected chi connectivity index (χ3v) is 3.73. The summed E-state index contributed by atoms with van der Waals surface area (Å²) in [6.07, 6.45) is 0. The fourth-order valence-corrected chi connectivity index (χ4v) is 2.62. The molecule has 106 valence electrons. The number of benzene rings is 2. The van der Waals surface area contributed by atoms with Gasteiger partial charge in [0.2, 0.25) is 0 Å². The lowest BCUT2D eigenvalue weighted by atomic mass is 10.1. The Morgan fingerprint density at radius 1 is 1.00 bits per heavy atom. The lowest BCUT2D eigenvalue weighted by Gasteiger charge is -2.23. The Morgan fingerprint density at radius 3 is 2.25 bits per heavy atom. The highest BCUT2D eigenvalue weighted by Gasteiger charge is 2.12. The third kappa shape index (κ3) is 3.38. The maximum atomic E-state index is 6.28. The Morgan fingerprint density at radius 2 is 1.65 bits per heavy atom. The summed E-state index contributed by atoms with van der Waals surface area (Å²) in [5.41, 5.74) is 3.19. The summed E-state index contributed by atoms with van der Waals surface area (Å²) >= 11 is 12.2. The van der Waals surface area contributed by atoms with Crippen molar-refractivity contribution < 1.29 is 0 Å². The molecule has 2 nitrogen and oxygen atoms in total. The van der Waals surface area contributed by atoms with Crippen LogP contribution in [0.15, 0.2) is 42.5 Å². The second-order valence-electron chi connectivity index (χ2n) is 4.95. The van der Waals surface area contributed by atoms with Gasteiger partial charge in [0.15, 0.2) is 0 Å². The topological polar surface area (TPSA) is 15.3 Å². The van der Waals surface area contributed by atoms with E-state index in [9.17, 15) is 0 Å². The number of nitrogens with zero attached hydrogens (tertiary/aromatic N) is 1. The number of para-hydroxylation sites is 1. The van der Waals surface area contributed by atoms with E-state index >= 15 is 0 Å². The van der Waals surface area contributed by atoms with Gasteiger partial charge in [-0.15, -0.1) is 0 Å². The largest absolute Gasteiger partial charge is 0.377 e. The van der Waals surface area contributed by atoms with Gasteiger partial charge < -0.3 is 10.2 Å². The molecule has 20 heavy (non-hydrogen) atoms. The van der Waals surface area contributed by atoms with E-state index in [-0.39, 0.29) is 6.04 Å². The molecule has 1 atom stereocenters. The fraction of sp³-hybridized carbons (Fsp3) is 0.250. The van der Waals surface area contributed by atoms with E-state index in [1.54, 1.807) is 0 Å². The SMILES string of the molecule is CC(Nc1cccc(Cl)c1N(C)C)c1ccc(Cl)cc1. The summed E-state index contributed by atoms with van der Waals surface area (Å²) in [7, 11) is 3.97. The van der Waals surface area contributed by atoms with E-state index in [0.29, 0.717) is 0 Å². The van der Waals surface area contributed by atoms with Crippen molar-refractivity contribution in [3.05, 3.63) is 58.1 Å². The van der Waals surface area contributed by atoms with Gasteiger partial charge in [-0.2, -0.15) is 0 Å². The summed E-state index contributed by atoms with van der Waals surface area (Å²) < 4.78 is 0. The van der Waals surface area contributed by atoms with Crippen LogP contribution < -0.4 is 10.2 Å². The predicted molar refractivity (Wildman–Crippen MR) is 89.3 cm³/mol. The number of halogens is 2. The maximum Gasteiger partial charge on any atom is 0.0786 e. The van der Waals surface area contributed by atoms with Gasteiger partial charge >= 0.3 is 0 Å². The van der Waals surface area contributed by atoms with Crippen molar-refractivity contribution in [2.45, 2.75) is 13.0 Å². The molecule has 0 fully saturated rings. The average molecular weight is 309 g/mol. The standard InChI is InChI=1S/C16H18Cl2N2/c1-11(12-7-9-13(17)10-8-12)19-15-6-4-5-14(18)16(15)20(2)3/h4-11,19H,1-3H3. The molecule has 0 aliphatic rings. The van der Waals surface area contributed by atoms with Gasteiger partial charge in [-0.1, -0.05) is 41.4 Å². The molecule has 0 heterocycles. The van der Waals surface area contributed by atoms with Crippen LogP contribution in [0.4, 0.5) is 11.4 Å². The van der Waals surface area contributed by atoms with Crippen LogP contribution in [0.1, 0.15) is 18.5 Å². The zero-order valence-corrected chi connectivity index (χ0v) is 13.3.